The van der Waals surface area contributed by atoms with Crippen LogP contribution >= 0.6 is 0 Å². The van der Waals surface area contributed by atoms with Crippen LogP contribution in [0.4, 0.5) is 0 Å². The molecule has 2 heteroatoms. The van der Waals surface area contributed by atoms with E-state index in [9.17, 15) is 0 Å². The second kappa shape index (κ2) is 17.7. The molecule has 2 nitrogen and oxygen atoms in total. The number of allylic oxidation sites excluding steroid dienone is 4. The number of rotatable bonds is 19. The fourth-order valence-corrected chi connectivity index (χ4v) is 5.76. The Morgan fingerprint density at radius 2 is 1.69 bits per heavy atom. The monoisotopic (exact) mass is 491 g/mol. The minimum absolute atomic E-state index is 0.372. The molecule has 3 atom stereocenters. The third-order valence-electron chi connectivity index (χ3n) is 7.88. The van der Waals surface area contributed by atoms with E-state index in [0.29, 0.717) is 11.5 Å². The van der Waals surface area contributed by atoms with Gasteiger partial charge in [-0.2, -0.15) is 0 Å². The summed E-state index contributed by atoms with van der Waals surface area (Å²) in [7, 11) is 4.91. The van der Waals surface area contributed by atoms with Crippen molar-refractivity contribution in [1.29, 1.82) is 0 Å². The van der Waals surface area contributed by atoms with Crippen molar-refractivity contribution in [2.45, 2.75) is 127 Å². The summed E-state index contributed by atoms with van der Waals surface area (Å²) >= 11 is 0. The zero-order chi connectivity index (χ0) is 27.1. The standard InChI is InChI=1S/C33H66N2/c1-13-18-19-20-22-30(15-3)25-28(6)29(7)27-35(11,12)24-23-34(17-5)32(16-4)31(21-14-2)26-33(8,9)10/h13,15,18,28-29,32H,14,16-17,19-27H2,1-12H3/q+2/b18-13+,30-15-. The van der Waals surface area contributed by atoms with E-state index in [1.807, 2.05) is 0 Å². The maximum absolute atomic E-state index is 2.79. The van der Waals surface area contributed by atoms with Crippen molar-refractivity contribution in [3.05, 3.63) is 29.7 Å². The second-order valence-corrected chi connectivity index (χ2v) is 13.1. The van der Waals surface area contributed by atoms with Crippen molar-refractivity contribution in [2.75, 3.05) is 40.3 Å². The predicted octanol–water partition coefficient (Wildman–Crippen LogP) is 9.33. The van der Waals surface area contributed by atoms with E-state index in [1.54, 1.807) is 11.5 Å². The lowest BCUT2D eigenvalue weighted by Crippen LogP contribution is -2.51. The number of unbranched alkanes of at least 4 members (excludes halogenated alkanes) is 1. The first kappa shape index (κ1) is 34.3. The van der Waals surface area contributed by atoms with Crippen molar-refractivity contribution < 1.29 is 4.48 Å². The third kappa shape index (κ3) is 15.2. The number of hydrogen-bond donors (Lipinski definition) is 0. The molecule has 0 spiro atoms. The average molecular weight is 491 g/mol. The molecule has 0 heterocycles. The summed E-state index contributed by atoms with van der Waals surface area (Å²) in [6, 6.07) is 0.635. The summed E-state index contributed by atoms with van der Waals surface area (Å²) in [4.78, 5) is 2.79. The Morgan fingerprint density at radius 3 is 2.17 bits per heavy atom. The molecule has 0 amide bonds. The lowest BCUT2D eigenvalue weighted by atomic mass is 9.78. The molecule has 0 fully saturated rings. The van der Waals surface area contributed by atoms with Gasteiger partial charge in [-0.3, -0.25) is 4.90 Å². The van der Waals surface area contributed by atoms with Crippen LogP contribution in [0.5, 0.6) is 0 Å². The van der Waals surface area contributed by atoms with Crippen LogP contribution < -0.4 is 0 Å². The third-order valence-corrected chi connectivity index (χ3v) is 7.88. The van der Waals surface area contributed by atoms with Gasteiger partial charge in [0.25, 0.3) is 0 Å². The highest BCUT2D eigenvalue weighted by atomic mass is 15.3. The molecule has 0 aliphatic carbocycles. The molecule has 0 radical (unpaired) electrons. The van der Waals surface area contributed by atoms with Gasteiger partial charge < -0.3 is 4.48 Å². The van der Waals surface area contributed by atoms with Crippen molar-refractivity contribution in [3.63, 3.8) is 0 Å². The molecule has 0 aromatic rings. The highest BCUT2D eigenvalue weighted by Crippen LogP contribution is 2.34. The van der Waals surface area contributed by atoms with Gasteiger partial charge in [-0.1, -0.05) is 79.2 Å². The van der Waals surface area contributed by atoms with Crippen molar-refractivity contribution >= 4 is 0 Å². The van der Waals surface area contributed by atoms with E-state index in [4.69, 9.17) is 0 Å². The van der Waals surface area contributed by atoms with E-state index in [1.165, 1.54) is 71.0 Å². The minimum Gasteiger partial charge on any atom is -0.327 e. The molecule has 0 aliphatic rings. The molecule has 0 aliphatic heterocycles. The van der Waals surface area contributed by atoms with Gasteiger partial charge in [-0.15, -0.1) is 0 Å². The number of nitrogens with zero attached hydrogens (tertiary/aromatic N) is 2. The Balaban J connectivity index is 5.02. The number of quaternary nitrogens is 1. The van der Waals surface area contributed by atoms with Crippen LogP contribution in [0.1, 0.15) is 121 Å². The molecular weight excluding hydrogens is 424 g/mol. The van der Waals surface area contributed by atoms with Gasteiger partial charge in [0, 0.05) is 17.8 Å². The maximum atomic E-state index is 2.79. The van der Waals surface area contributed by atoms with Gasteiger partial charge in [0.05, 0.1) is 46.6 Å². The van der Waals surface area contributed by atoms with Crippen LogP contribution in [-0.4, -0.2) is 55.7 Å². The van der Waals surface area contributed by atoms with Crippen LogP contribution in [0.2, 0.25) is 0 Å². The molecule has 0 aromatic heterocycles. The van der Waals surface area contributed by atoms with Gasteiger partial charge in [-0.25, -0.2) is 0 Å². The van der Waals surface area contributed by atoms with E-state index in [-0.39, 0.29) is 0 Å². The van der Waals surface area contributed by atoms with E-state index in [0.717, 1.165) is 22.9 Å². The van der Waals surface area contributed by atoms with Crippen LogP contribution in [0, 0.1) is 23.2 Å². The average Bonchev–Trinajstić information content (AvgIpc) is 2.77. The fourth-order valence-electron chi connectivity index (χ4n) is 5.76. The van der Waals surface area contributed by atoms with E-state index in [2.05, 4.69) is 106 Å². The summed E-state index contributed by atoms with van der Waals surface area (Å²) in [5, 5.41) is 0. The van der Waals surface area contributed by atoms with Crippen LogP contribution in [0.3, 0.4) is 0 Å². The Hall–Kier alpha value is -0.730. The normalized spacial score (nSPS) is 16.2. The highest BCUT2D eigenvalue weighted by Gasteiger charge is 2.38. The topological polar surface area (TPSA) is 3.24 Å². The molecule has 0 saturated carbocycles. The SMILES string of the molecule is C/C=C(/CCC/C=C/C)CC(C)C(C)C[N+](C)(C)CCN(CC)C(CC)[C+](CCC)CC(C)(C)C. The molecule has 0 bridgehead atoms. The largest absolute Gasteiger partial charge is 0.327 e. The predicted molar refractivity (Wildman–Crippen MR) is 161 cm³/mol. The van der Waals surface area contributed by atoms with E-state index < -0.39 is 0 Å². The highest BCUT2D eigenvalue weighted by molar-refractivity contribution is 5.04. The van der Waals surface area contributed by atoms with Crippen LogP contribution in [-0.2, 0) is 0 Å². The summed E-state index contributed by atoms with van der Waals surface area (Å²) in [5.74, 6) is 3.25. The van der Waals surface area contributed by atoms with Crippen LogP contribution in [0.15, 0.2) is 23.8 Å². The molecule has 35 heavy (non-hydrogen) atoms. The van der Waals surface area contributed by atoms with Gasteiger partial charge in [-0.05, 0) is 58.4 Å². The molecule has 0 aromatic carbocycles. The zero-order valence-electron chi connectivity index (χ0n) is 26.3. The van der Waals surface area contributed by atoms with Gasteiger partial charge >= 0.3 is 0 Å². The molecule has 206 valence electrons. The zero-order valence-corrected chi connectivity index (χ0v) is 26.3. The van der Waals surface area contributed by atoms with Crippen LogP contribution in [0.25, 0.3) is 0 Å². The Bertz CT molecular complexity index is 580. The first-order valence-corrected chi connectivity index (χ1v) is 15.0. The first-order valence-electron chi connectivity index (χ1n) is 15.0. The summed E-state index contributed by atoms with van der Waals surface area (Å²) in [6.07, 6.45) is 16.9. The molecular formula is C33H66N2+2. The van der Waals surface area contributed by atoms with Crippen molar-refractivity contribution in [3.8, 4) is 0 Å². The van der Waals surface area contributed by atoms with Gasteiger partial charge in [0.2, 0.25) is 0 Å². The minimum atomic E-state index is 0.372. The van der Waals surface area contributed by atoms with Gasteiger partial charge in [0.15, 0.2) is 6.04 Å². The quantitative estimate of drug-likeness (QED) is 0.0754. The summed E-state index contributed by atoms with van der Waals surface area (Å²) < 4.78 is 1.12. The lowest BCUT2D eigenvalue weighted by Gasteiger charge is -2.37. The molecule has 0 N–H and O–H groups in total. The van der Waals surface area contributed by atoms with Crippen molar-refractivity contribution in [2.24, 2.45) is 17.3 Å². The maximum Gasteiger partial charge on any atom is 0.153 e. The summed E-state index contributed by atoms with van der Waals surface area (Å²) in [6.45, 7) is 28.5. The number of likely N-dealkylation sites (N-methyl/N-ethyl adjacent to an activating group) is 2. The van der Waals surface area contributed by atoms with Crippen molar-refractivity contribution in [1.82, 2.24) is 4.90 Å². The molecule has 0 rings (SSSR count). The Morgan fingerprint density at radius 1 is 1.03 bits per heavy atom. The first-order chi connectivity index (χ1) is 16.3. The molecule has 0 saturated heterocycles. The fraction of sp³-hybridized carbons (Fsp3) is 0.848. The van der Waals surface area contributed by atoms with Gasteiger partial charge in [0.1, 0.15) is 5.92 Å². The summed E-state index contributed by atoms with van der Waals surface area (Å²) in [5.41, 5.74) is 2.02. The second-order valence-electron chi connectivity index (χ2n) is 13.1. The number of hydrogen-bond acceptors (Lipinski definition) is 1. The lowest BCUT2D eigenvalue weighted by molar-refractivity contribution is -0.893. The Labute approximate surface area is 223 Å². The molecule has 3 unspecified atom stereocenters. The smallest absolute Gasteiger partial charge is 0.153 e. The Kier molecular flexibility index (Phi) is 17.3. The van der Waals surface area contributed by atoms with E-state index >= 15 is 0 Å².